The molecule has 1 amide bonds. The van der Waals surface area contributed by atoms with E-state index in [2.05, 4.69) is 10.2 Å². The molecule has 0 saturated carbocycles. The highest BCUT2D eigenvalue weighted by Gasteiger charge is 2.15. The zero-order chi connectivity index (χ0) is 17.9. The minimum atomic E-state index is -0.0490. The molecule has 1 aromatic heterocycles. The summed E-state index contributed by atoms with van der Waals surface area (Å²) in [6, 6.07) is 13.2. The summed E-state index contributed by atoms with van der Waals surface area (Å²) in [7, 11) is 0. The lowest BCUT2D eigenvalue weighted by atomic mass is 10.1. The monoisotopic (exact) mass is 368 g/mol. The van der Waals surface area contributed by atoms with Crippen molar-refractivity contribution < 1.29 is 9.53 Å². The predicted molar refractivity (Wildman–Crippen MR) is 106 cm³/mol. The molecule has 1 aliphatic rings. The van der Waals surface area contributed by atoms with Crippen molar-refractivity contribution in [1.82, 2.24) is 4.98 Å². The van der Waals surface area contributed by atoms with Crippen LogP contribution in [0.1, 0.15) is 5.56 Å². The Hall–Kier alpha value is -2.64. The maximum absolute atomic E-state index is 12.3. The molecule has 0 atom stereocenters. The van der Waals surface area contributed by atoms with E-state index < -0.39 is 0 Å². The van der Waals surface area contributed by atoms with E-state index in [0.717, 1.165) is 52.9 Å². The van der Waals surface area contributed by atoms with Crippen molar-refractivity contribution in [3.63, 3.8) is 0 Å². The number of fused-ring (bicyclic) bond motifs is 1. The number of benzene rings is 2. The molecule has 0 unspecified atom stereocenters. The summed E-state index contributed by atoms with van der Waals surface area (Å²) >= 11 is 1.64. The number of nitrogen functional groups attached to an aromatic ring is 1. The van der Waals surface area contributed by atoms with E-state index in [0.29, 0.717) is 12.1 Å². The highest BCUT2D eigenvalue weighted by atomic mass is 32.1. The molecule has 1 saturated heterocycles. The number of carbonyl (C=O) groups is 1. The van der Waals surface area contributed by atoms with Gasteiger partial charge in [-0.2, -0.15) is 0 Å². The number of nitrogens with zero attached hydrogens (tertiary/aromatic N) is 2. The van der Waals surface area contributed by atoms with Crippen LogP contribution in [-0.2, 0) is 16.0 Å². The lowest BCUT2D eigenvalue weighted by molar-refractivity contribution is -0.115. The SMILES string of the molecule is Nc1ccc(CC(=O)Nc2ccc3nc(N4CCOCC4)sc3c2)cc1. The van der Waals surface area contributed by atoms with Crippen LogP contribution in [0.2, 0.25) is 0 Å². The van der Waals surface area contributed by atoms with Crippen LogP contribution >= 0.6 is 11.3 Å². The molecule has 4 rings (SSSR count). The molecule has 0 spiro atoms. The first kappa shape index (κ1) is 16.8. The third-order valence-corrected chi connectivity index (χ3v) is 5.37. The Morgan fingerprint density at radius 1 is 1.19 bits per heavy atom. The van der Waals surface area contributed by atoms with Gasteiger partial charge in [-0.1, -0.05) is 23.5 Å². The van der Waals surface area contributed by atoms with Gasteiger partial charge in [0, 0.05) is 24.5 Å². The molecular weight excluding hydrogens is 348 g/mol. The van der Waals surface area contributed by atoms with Gasteiger partial charge in [0.05, 0.1) is 29.9 Å². The van der Waals surface area contributed by atoms with Crippen molar-refractivity contribution >= 4 is 44.0 Å². The smallest absolute Gasteiger partial charge is 0.228 e. The van der Waals surface area contributed by atoms with E-state index >= 15 is 0 Å². The van der Waals surface area contributed by atoms with Crippen molar-refractivity contribution in [1.29, 1.82) is 0 Å². The predicted octanol–water partition coefficient (Wildman–Crippen LogP) is 2.90. The zero-order valence-corrected chi connectivity index (χ0v) is 15.1. The molecule has 26 heavy (non-hydrogen) atoms. The topological polar surface area (TPSA) is 80.5 Å². The Balaban J connectivity index is 1.46. The number of amides is 1. The number of thiazole rings is 1. The molecule has 0 aliphatic carbocycles. The summed E-state index contributed by atoms with van der Waals surface area (Å²) in [5.41, 5.74) is 9.04. The molecule has 6 nitrogen and oxygen atoms in total. The minimum absolute atomic E-state index is 0.0490. The van der Waals surface area contributed by atoms with Gasteiger partial charge in [-0.05, 0) is 35.9 Å². The van der Waals surface area contributed by atoms with Gasteiger partial charge in [0.15, 0.2) is 5.13 Å². The Bertz CT molecular complexity index is 917. The molecule has 2 heterocycles. The number of morpholine rings is 1. The average molecular weight is 368 g/mol. The number of hydrogen-bond acceptors (Lipinski definition) is 6. The van der Waals surface area contributed by atoms with Gasteiger partial charge in [-0.25, -0.2) is 4.98 Å². The highest BCUT2D eigenvalue weighted by molar-refractivity contribution is 7.22. The number of nitrogens with two attached hydrogens (primary N) is 1. The molecular formula is C19H20N4O2S. The third kappa shape index (κ3) is 3.79. The largest absolute Gasteiger partial charge is 0.399 e. The van der Waals surface area contributed by atoms with Crippen molar-refractivity contribution in [2.75, 3.05) is 42.3 Å². The number of anilines is 3. The second-order valence-electron chi connectivity index (χ2n) is 6.24. The second-order valence-corrected chi connectivity index (χ2v) is 7.25. The van der Waals surface area contributed by atoms with E-state index in [4.69, 9.17) is 15.5 Å². The number of nitrogens with one attached hydrogen (secondary N) is 1. The molecule has 3 N–H and O–H groups in total. The van der Waals surface area contributed by atoms with Crippen molar-refractivity contribution in [3.8, 4) is 0 Å². The second kappa shape index (κ2) is 7.31. The lowest BCUT2D eigenvalue weighted by Crippen LogP contribution is -2.36. The van der Waals surface area contributed by atoms with Crippen LogP contribution in [0, 0.1) is 0 Å². The van der Waals surface area contributed by atoms with Crippen LogP contribution < -0.4 is 16.0 Å². The Kier molecular flexibility index (Phi) is 4.73. The van der Waals surface area contributed by atoms with Crippen molar-refractivity contribution in [3.05, 3.63) is 48.0 Å². The number of carbonyl (C=O) groups excluding carboxylic acids is 1. The van der Waals surface area contributed by atoms with Gasteiger partial charge >= 0.3 is 0 Å². The Labute approximate surface area is 155 Å². The standard InChI is InChI=1S/C19H20N4O2S/c20-14-3-1-13(2-4-14)11-18(24)21-15-5-6-16-17(12-15)26-19(22-16)23-7-9-25-10-8-23/h1-6,12H,7-11,20H2,(H,21,24). The third-order valence-electron chi connectivity index (χ3n) is 4.29. The minimum Gasteiger partial charge on any atom is -0.399 e. The maximum Gasteiger partial charge on any atom is 0.228 e. The Morgan fingerprint density at radius 3 is 2.73 bits per heavy atom. The fourth-order valence-corrected chi connectivity index (χ4v) is 3.96. The van der Waals surface area contributed by atoms with Crippen LogP contribution in [0.25, 0.3) is 10.2 Å². The fourth-order valence-electron chi connectivity index (χ4n) is 2.91. The molecule has 1 aliphatic heterocycles. The average Bonchev–Trinajstić information content (AvgIpc) is 3.08. The maximum atomic E-state index is 12.3. The first-order chi connectivity index (χ1) is 12.7. The van der Waals surface area contributed by atoms with Crippen molar-refractivity contribution in [2.24, 2.45) is 0 Å². The lowest BCUT2D eigenvalue weighted by Gasteiger charge is -2.25. The summed E-state index contributed by atoms with van der Waals surface area (Å²) in [5.74, 6) is -0.0490. The number of rotatable bonds is 4. The van der Waals surface area contributed by atoms with Crippen LogP contribution in [0.3, 0.4) is 0 Å². The molecule has 0 radical (unpaired) electrons. The fraction of sp³-hybridized carbons (Fsp3) is 0.263. The van der Waals surface area contributed by atoms with Gasteiger partial charge in [-0.15, -0.1) is 0 Å². The quantitative estimate of drug-likeness (QED) is 0.692. The number of aromatic nitrogens is 1. The first-order valence-corrected chi connectivity index (χ1v) is 9.36. The van der Waals surface area contributed by atoms with E-state index in [-0.39, 0.29) is 5.91 Å². The summed E-state index contributed by atoms with van der Waals surface area (Å²) in [4.78, 5) is 19.2. The van der Waals surface area contributed by atoms with Crippen LogP contribution in [-0.4, -0.2) is 37.2 Å². The van der Waals surface area contributed by atoms with E-state index in [1.54, 1.807) is 23.5 Å². The highest BCUT2D eigenvalue weighted by Crippen LogP contribution is 2.31. The number of ether oxygens (including phenoxy) is 1. The van der Waals surface area contributed by atoms with Gasteiger partial charge in [0.1, 0.15) is 0 Å². The summed E-state index contributed by atoms with van der Waals surface area (Å²) in [6.07, 6.45) is 0.319. The summed E-state index contributed by atoms with van der Waals surface area (Å²) in [5, 5.41) is 3.97. The van der Waals surface area contributed by atoms with Crippen molar-refractivity contribution in [2.45, 2.75) is 6.42 Å². The van der Waals surface area contributed by atoms with Crippen LogP contribution in [0.15, 0.2) is 42.5 Å². The molecule has 3 aromatic rings. The van der Waals surface area contributed by atoms with E-state index in [9.17, 15) is 4.79 Å². The van der Waals surface area contributed by atoms with Gasteiger partial charge < -0.3 is 20.7 Å². The normalized spacial score (nSPS) is 14.5. The zero-order valence-electron chi connectivity index (χ0n) is 14.3. The molecule has 134 valence electrons. The van der Waals surface area contributed by atoms with Crippen LogP contribution in [0.5, 0.6) is 0 Å². The van der Waals surface area contributed by atoms with Gasteiger partial charge in [-0.3, -0.25) is 4.79 Å². The summed E-state index contributed by atoms with van der Waals surface area (Å²) < 4.78 is 6.46. The van der Waals surface area contributed by atoms with Crippen LogP contribution in [0.4, 0.5) is 16.5 Å². The summed E-state index contributed by atoms with van der Waals surface area (Å²) in [6.45, 7) is 3.21. The molecule has 1 fully saturated rings. The number of hydrogen-bond donors (Lipinski definition) is 2. The van der Waals surface area contributed by atoms with Gasteiger partial charge in [0.2, 0.25) is 5.91 Å². The first-order valence-electron chi connectivity index (χ1n) is 8.55. The molecule has 2 aromatic carbocycles. The van der Waals surface area contributed by atoms with Gasteiger partial charge in [0.25, 0.3) is 0 Å². The molecule has 0 bridgehead atoms. The molecule has 7 heteroatoms. The Morgan fingerprint density at radius 2 is 1.96 bits per heavy atom. The van der Waals surface area contributed by atoms with E-state index in [1.165, 1.54) is 0 Å². The van der Waals surface area contributed by atoms with E-state index in [1.807, 2.05) is 30.3 Å².